The van der Waals surface area contributed by atoms with Crippen LogP contribution in [0, 0.1) is 0 Å². The van der Waals surface area contributed by atoms with Gasteiger partial charge < -0.3 is 15.2 Å². The first-order chi connectivity index (χ1) is 12.5. The Balaban J connectivity index is 1.97. The van der Waals surface area contributed by atoms with E-state index in [2.05, 4.69) is 9.72 Å². The van der Waals surface area contributed by atoms with Gasteiger partial charge in [-0.3, -0.25) is 14.3 Å². The van der Waals surface area contributed by atoms with E-state index in [1.807, 2.05) is 24.3 Å². The van der Waals surface area contributed by atoms with E-state index < -0.39 is 12.0 Å². The van der Waals surface area contributed by atoms with Crippen molar-refractivity contribution in [3.05, 3.63) is 52.4 Å². The molecule has 0 aliphatic rings. The lowest BCUT2D eigenvalue weighted by Gasteiger charge is -2.11. The van der Waals surface area contributed by atoms with Gasteiger partial charge >= 0.3 is 5.97 Å². The monoisotopic (exact) mass is 356 g/mol. The number of methoxy groups -OCH3 is 2. The number of nitrogens with two attached hydrogens (primary N) is 1. The molecule has 0 radical (unpaired) electrons. The lowest BCUT2D eigenvalue weighted by Crippen LogP contribution is -2.33. The third-order valence-corrected chi connectivity index (χ3v) is 4.28. The van der Waals surface area contributed by atoms with Crippen LogP contribution in [0.1, 0.15) is 5.56 Å². The van der Waals surface area contributed by atoms with E-state index >= 15 is 0 Å². The summed E-state index contributed by atoms with van der Waals surface area (Å²) in [5.41, 5.74) is 7.89. The van der Waals surface area contributed by atoms with Gasteiger partial charge in [0.05, 0.1) is 37.0 Å². The Kier molecular flexibility index (Phi) is 4.77. The van der Waals surface area contributed by atoms with Crippen molar-refractivity contribution in [1.82, 2.24) is 14.3 Å². The molecule has 0 saturated carbocycles. The molecular formula is C18H20N4O4. The topological polar surface area (TPSA) is 101 Å². The van der Waals surface area contributed by atoms with Crippen LogP contribution in [0.4, 0.5) is 0 Å². The molecule has 0 aliphatic heterocycles. The zero-order valence-electron chi connectivity index (χ0n) is 14.8. The summed E-state index contributed by atoms with van der Waals surface area (Å²) >= 11 is 0. The zero-order chi connectivity index (χ0) is 18.8. The second kappa shape index (κ2) is 7.01. The molecule has 0 saturated heterocycles. The van der Waals surface area contributed by atoms with E-state index in [0.29, 0.717) is 28.9 Å². The first kappa shape index (κ1) is 17.7. The number of aromatic nitrogens is 3. The van der Waals surface area contributed by atoms with Crippen molar-refractivity contribution >= 4 is 16.9 Å². The van der Waals surface area contributed by atoms with Crippen molar-refractivity contribution in [2.45, 2.75) is 12.5 Å². The van der Waals surface area contributed by atoms with Crippen molar-refractivity contribution in [3.63, 3.8) is 0 Å². The van der Waals surface area contributed by atoms with Crippen molar-refractivity contribution in [3.8, 4) is 11.6 Å². The predicted molar refractivity (Wildman–Crippen MR) is 96.6 cm³/mol. The number of carbonyl (C=O) groups excluding carboxylic acids is 1. The second-order valence-electron chi connectivity index (χ2n) is 5.88. The Morgan fingerprint density at radius 3 is 2.58 bits per heavy atom. The van der Waals surface area contributed by atoms with Crippen LogP contribution in [-0.2, 0) is 23.0 Å². The number of esters is 1. The maximum Gasteiger partial charge on any atom is 0.322 e. The van der Waals surface area contributed by atoms with E-state index in [-0.39, 0.29) is 5.56 Å². The summed E-state index contributed by atoms with van der Waals surface area (Å²) in [7, 11) is 4.61. The van der Waals surface area contributed by atoms with Crippen LogP contribution in [0.15, 0.2) is 41.3 Å². The molecule has 26 heavy (non-hydrogen) atoms. The van der Waals surface area contributed by atoms with E-state index in [1.165, 1.54) is 14.2 Å². The number of pyridine rings is 1. The largest absolute Gasteiger partial charge is 0.481 e. The Labute approximate surface area is 149 Å². The van der Waals surface area contributed by atoms with Crippen molar-refractivity contribution < 1.29 is 14.3 Å². The number of rotatable bonds is 5. The third-order valence-electron chi connectivity index (χ3n) is 4.28. The molecule has 2 aromatic heterocycles. The minimum atomic E-state index is -0.718. The van der Waals surface area contributed by atoms with Gasteiger partial charge in [-0.25, -0.2) is 9.67 Å². The van der Waals surface area contributed by atoms with Gasteiger partial charge in [-0.15, -0.1) is 0 Å². The molecule has 1 aromatic carbocycles. The number of fused-ring (bicyclic) bond motifs is 1. The summed E-state index contributed by atoms with van der Waals surface area (Å²) < 4.78 is 13.0. The molecule has 8 nitrogen and oxygen atoms in total. The Morgan fingerprint density at radius 1 is 1.27 bits per heavy atom. The van der Waals surface area contributed by atoms with Crippen LogP contribution >= 0.6 is 0 Å². The van der Waals surface area contributed by atoms with Crippen LogP contribution in [0.3, 0.4) is 0 Å². The molecule has 0 bridgehead atoms. The third kappa shape index (κ3) is 3.06. The average molecular weight is 356 g/mol. The molecule has 0 fully saturated rings. The minimum Gasteiger partial charge on any atom is -0.481 e. The van der Waals surface area contributed by atoms with Gasteiger partial charge in [0.15, 0.2) is 0 Å². The van der Waals surface area contributed by atoms with E-state index in [9.17, 15) is 9.59 Å². The highest BCUT2D eigenvalue weighted by Crippen LogP contribution is 2.18. The standard InChI is InChI=1S/C18H20N4O4/c1-21-15-10-20-16(25-2)9-13(15)17(23)22(21)12-6-4-11(5-7-12)8-14(19)18(24)26-3/h4-7,9-10,14H,8,19H2,1-3H3/t14-/m0/s1. The van der Waals surface area contributed by atoms with E-state index in [4.69, 9.17) is 10.5 Å². The smallest absolute Gasteiger partial charge is 0.322 e. The van der Waals surface area contributed by atoms with Crippen LogP contribution in [0.2, 0.25) is 0 Å². The second-order valence-corrected chi connectivity index (χ2v) is 5.88. The lowest BCUT2D eigenvalue weighted by atomic mass is 10.1. The molecule has 3 aromatic rings. The lowest BCUT2D eigenvalue weighted by molar-refractivity contribution is -0.142. The van der Waals surface area contributed by atoms with Gasteiger partial charge in [0.25, 0.3) is 5.56 Å². The van der Waals surface area contributed by atoms with Crippen LogP contribution < -0.4 is 16.0 Å². The number of nitrogens with zero attached hydrogens (tertiary/aromatic N) is 3. The normalized spacial score (nSPS) is 12.2. The highest BCUT2D eigenvalue weighted by Gasteiger charge is 2.16. The highest BCUT2D eigenvalue weighted by atomic mass is 16.5. The molecule has 0 aliphatic carbocycles. The molecule has 0 amide bonds. The zero-order valence-corrected chi connectivity index (χ0v) is 14.8. The quantitative estimate of drug-likeness (QED) is 0.678. The van der Waals surface area contributed by atoms with Crippen molar-refractivity contribution in [2.24, 2.45) is 12.8 Å². The number of carbonyl (C=O) groups is 1. The summed E-state index contributed by atoms with van der Waals surface area (Å²) in [4.78, 5) is 28.4. The maximum atomic E-state index is 12.8. The Bertz CT molecular complexity index is 1000. The molecule has 2 heterocycles. The fourth-order valence-electron chi connectivity index (χ4n) is 2.88. The molecule has 0 spiro atoms. The molecule has 2 N–H and O–H groups in total. The molecule has 3 rings (SSSR count). The molecular weight excluding hydrogens is 336 g/mol. The number of hydrogen-bond donors (Lipinski definition) is 1. The number of benzene rings is 1. The van der Waals surface area contributed by atoms with Gasteiger partial charge in [0.2, 0.25) is 5.88 Å². The Morgan fingerprint density at radius 2 is 1.96 bits per heavy atom. The average Bonchev–Trinajstić information content (AvgIpc) is 2.91. The Hall–Kier alpha value is -3.13. The summed E-state index contributed by atoms with van der Waals surface area (Å²) in [5.74, 6) is -0.0695. The molecule has 0 unspecified atom stereocenters. The molecule has 8 heteroatoms. The summed E-state index contributed by atoms with van der Waals surface area (Å²) in [5, 5.41) is 0.524. The van der Waals surface area contributed by atoms with E-state index in [1.54, 1.807) is 28.7 Å². The molecule has 1 atom stereocenters. The first-order valence-corrected chi connectivity index (χ1v) is 8.00. The minimum absolute atomic E-state index is 0.165. The summed E-state index contributed by atoms with van der Waals surface area (Å²) in [6.45, 7) is 0. The fourth-order valence-corrected chi connectivity index (χ4v) is 2.88. The SMILES string of the molecule is COC(=O)[C@@H](N)Cc1ccc(-n2c(=O)c3cc(OC)ncc3n2C)cc1. The maximum absolute atomic E-state index is 12.8. The fraction of sp³-hybridized carbons (Fsp3) is 0.278. The highest BCUT2D eigenvalue weighted by molar-refractivity contribution is 5.79. The summed E-state index contributed by atoms with van der Waals surface area (Å²) in [6, 6.07) is 8.19. The molecule has 136 valence electrons. The predicted octanol–water partition coefficient (Wildman–Crippen LogP) is 0.776. The van der Waals surface area contributed by atoms with Crippen LogP contribution in [-0.4, -0.2) is 40.6 Å². The number of ether oxygens (including phenoxy) is 2. The van der Waals surface area contributed by atoms with Crippen LogP contribution in [0.25, 0.3) is 16.6 Å². The van der Waals surface area contributed by atoms with Crippen LogP contribution in [0.5, 0.6) is 5.88 Å². The van der Waals surface area contributed by atoms with Gasteiger partial charge in [0, 0.05) is 13.1 Å². The van der Waals surface area contributed by atoms with E-state index in [0.717, 1.165) is 5.56 Å². The van der Waals surface area contributed by atoms with Gasteiger partial charge in [-0.2, -0.15) is 0 Å². The number of hydrogen-bond acceptors (Lipinski definition) is 6. The summed E-state index contributed by atoms with van der Waals surface area (Å²) in [6.07, 6.45) is 1.97. The first-order valence-electron chi connectivity index (χ1n) is 8.00. The van der Waals surface area contributed by atoms with Crippen molar-refractivity contribution in [2.75, 3.05) is 14.2 Å². The van der Waals surface area contributed by atoms with Crippen molar-refractivity contribution in [1.29, 1.82) is 0 Å². The van der Waals surface area contributed by atoms with Gasteiger partial charge in [-0.1, -0.05) is 12.1 Å². The van der Waals surface area contributed by atoms with Gasteiger partial charge in [0.1, 0.15) is 6.04 Å². The number of aryl methyl sites for hydroxylation is 1. The van der Waals surface area contributed by atoms with Gasteiger partial charge in [-0.05, 0) is 24.1 Å².